The van der Waals surface area contributed by atoms with Gasteiger partial charge in [0.1, 0.15) is 0 Å². The second-order valence-electron chi connectivity index (χ2n) is 4.36. The summed E-state index contributed by atoms with van der Waals surface area (Å²) in [5.74, 6) is -0.396. The van der Waals surface area contributed by atoms with Gasteiger partial charge in [-0.2, -0.15) is 0 Å². The lowest BCUT2D eigenvalue weighted by molar-refractivity contribution is 0.0601. The molecule has 1 aromatic carbocycles. The van der Waals surface area contributed by atoms with Crippen molar-refractivity contribution < 1.29 is 14.3 Å². The van der Waals surface area contributed by atoms with E-state index in [1.54, 1.807) is 24.3 Å². The number of anilines is 1. The summed E-state index contributed by atoms with van der Waals surface area (Å²) in [7, 11) is 1.33. The van der Waals surface area contributed by atoms with E-state index in [1.807, 2.05) is 6.92 Å². The molecule has 1 rings (SSSR count). The Hall–Kier alpha value is -2.04. The molecular weight excluding hydrogens is 244 g/mol. The van der Waals surface area contributed by atoms with Crippen LogP contribution in [0.5, 0.6) is 0 Å². The Kier molecular flexibility index (Phi) is 5.85. The molecular formula is C14H20N2O3. The molecule has 0 radical (unpaired) electrons. The molecule has 0 unspecified atom stereocenters. The quantitative estimate of drug-likeness (QED) is 0.803. The number of esters is 1. The standard InChI is InChI=1S/C14H20N2O3/c1-4-5-10(2)15-14(18)16-12-8-6-11(7-9-12)13(17)19-3/h6-10H,4-5H2,1-3H3,(H2,15,16,18)/t10-/m1/s1. The predicted octanol–water partition coefficient (Wildman–Crippen LogP) is 2.78. The SMILES string of the molecule is CCC[C@@H](C)NC(=O)Nc1ccc(C(=O)OC)cc1. The number of carbonyl (C=O) groups excluding carboxylic acids is 2. The van der Waals surface area contributed by atoms with E-state index >= 15 is 0 Å². The van der Waals surface area contributed by atoms with E-state index in [-0.39, 0.29) is 12.1 Å². The van der Waals surface area contributed by atoms with Gasteiger partial charge in [0.25, 0.3) is 0 Å². The summed E-state index contributed by atoms with van der Waals surface area (Å²) in [6.07, 6.45) is 1.96. The minimum Gasteiger partial charge on any atom is -0.465 e. The van der Waals surface area contributed by atoms with Crippen LogP contribution in [0.15, 0.2) is 24.3 Å². The molecule has 0 spiro atoms. The van der Waals surface area contributed by atoms with E-state index in [0.29, 0.717) is 11.3 Å². The molecule has 104 valence electrons. The second-order valence-corrected chi connectivity index (χ2v) is 4.36. The van der Waals surface area contributed by atoms with Crippen molar-refractivity contribution in [3.8, 4) is 0 Å². The molecule has 0 aliphatic carbocycles. The molecule has 0 saturated carbocycles. The first-order valence-corrected chi connectivity index (χ1v) is 6.32. The van der Waals surface area contributed by atoms with E-state index in [9.17, 15) is 9.59 Å². The maximum atomic E-state index is 11.7. The fourth-order valence-corrected chi connectivity index (χ4v) is 1.70. The average Bonchev–Trinajstić information content (AvgIpc) is 2.38. The van der Waals surface area contributed by atoms with Gasteiger partial charge >= 0.3 is 12.0 Å². The molecule has 0 aliphatic rings. The molecule has 0 aromatic heterocycles. The third-order valence-electron chi connectivity index (χ3n) is 2.66. The lowest BCUT2D eigenvalue weighted by atomic mass is 10.2. The predicted molar refractivity (Wildman–Crippen MR) is 74.3 cm³/mol. The van der Waals surface area contributed by atoms with Crippen molar-refractivity contribution in [2.45, 2.75) is 32.7 Å². The van der Waals surface area contributed by atoms with E-state index < -0.39 is 5.97 Å². The summed E-state index contributed by atoms with van der Waals surface area (Å²) in [5, 5.41) is 5.55. The highest BCUT2D eigenvalue weighted by atomic mass is 16.5. The first-order valence-electron chi connectivity index (χ1n) is 6.32. The molecule has 0 bridgehead atoms. The van der Waals surface area contributed by atoms with Crippen LogP contribution in [0.4, 0.5) is 10.5 Å². The van der Waals surface area contributed by atoms with Gasteiger partial charge in [0, 0.05) is 11.7 Å². The lowest BCUT2D eigenvalue weighted by Gasteiger charge is -2.13. The van der Waals surface area contributed by atoms with Gasteiger partial charge in [-0.25, -0.2) is 9.59 Å². The molecule has 0 heterocycles. The van der Waals surface area contributed by atoms with Crippen LogP contribution >= 0.6 is 0 Å². The summed E-state index contributed by atoms with van der Waals surface area (Å²) in [4.78, 5) is 22.9. The van der Waals surface area contributed by atoms with Crippen LogP contribution in [-0.2, 0) is 4.74 Å². The lowest BCUT2D eigenvalue weighted by Crippen LogP contribution is -2.35. The zero-order chi connectivity index (χ0) is 14.3. The maximum absolute atomic E-state index is 11.7. The number of nitrogens with one attached hydrogen (secondary N) is 2. The Balaban J connectivity index is 2.53. The molecule has 19 heavy (non-hydrogen) atoms. The number of urea groups is 1. The van der Waals surface area contributed by atoms with Crippen molar-refractivity contribution in [1.29, 1.82) is 0 Å². The molecule has 2 amide bonds. The van der Waals surface area contributed by atoms with Crippen molar-refractivity contribution in [2.24, 2.45) is 0 Å². The summed E-state index contributed by atoms with van der Waals surface area (Å²) in [6, 6.07) is 6.44. The third kappa shape index (κ3) is 4.99. The smallest absolute Gasteiger partial charge is 0.337 e. The number of benzene rings is 1. The third-order valence-corrected chi connectivity index (χ3v) is 2.66. The van der Waals surface area contributed by atoms with Crippen LogP contribution in [0.25, 0.3) is 0 Å². The molecule has 0 saturated heterocycles. The Morgan fingerprint density at radius 2 is 1.89 bits per heavy atom. The van der Waals surface area contributed by atoms with Gasteiger partial charge in [0.05, 0.1) is 12.7 Å². The average molecular weight is 264 g/mol. The zero-order valence-electron chi connectivity index (χ0n) is 11.5. The van der Waals surface area contributed by atoms with Crippen LogP contribution < -0.4 is 10.6 Å². The molecule has 1 aromatic rings. The highest BCUT2D eigenvalue weighted by Gasteiger charge is 2.08. The van der Waals surface area contributed by atoms with Crippen LogP contribution in [-0.4, -0.2) is 25.2 Å². The van der Waals surface area contributed by atoms with Gasteiger partial charge in [-0.1, -0.05) is 13.3 Å². The first kappa shape index (κ1) is 15.0. The highest BCUT2D eigenvalue weighted by molar-refractivity contribution is 5.92. The van der Waals surface area contributed by atoms with Crippen molar-refractivity contribution in [1.82, 2.24) is 5.32 Å². The van der Waals surface area contributed by atoms with Gasteiger partial charge < -0.3 is 15.4 Å². The first-order chi connectivity index (χ1) is 9.06. The normalized spacial score (nSPS) is 11.5. The fourth-order valence-electron chi connectivity index (χ4n) is 1.70. The summed E-state index contributed by atoms with van der Waals surface area (Å²) >= 11 is 0. The Morgan fingerprint density at radius 1 is 1.26 bits per heavy atom. The topological polar surface area (TPSA) is 67.4 Å². The van der Waals surface area contributed by atoms with E-state index in [0.717, 1.165) is 12.8 Å². The highest BCUT2D eigenvalue weighted by Crippen LogP contribution is 2.10. The van der Waals surface area contributed by atoms with E-state index in [2.05, 4.69) is 22.3 Å². The molecule has 0 aliphatic heterocycles. The fraction of sp³-hybridized carbons (Fsp3) is 0.429. The minimum atomic E-state index is -0.396. The van der Waals surface area contributed by atoms with Crippen molar-refractivity contribution >= 4 is 17.7 Å². The molecule has 0 fully saturated rings. The maximum Gasteiger partial charge on any atom is 0.337 e. The number of rotatable bonds is 5. The monoisotopic (exact) mass is 264 g/mol. The number of methoxy groups -OCH3 is 1. The van der Waals surface area contributed by atoms with Crippen LogP contribution in [0.3, 0.4) is 0 Å². The van der Waals surface area contributed by atoms with Gasteiger partial charge in [0.2, 0.25) is 0 Å². The van der Waals surface area contributed by atoms with Crippen LogP contribution in [0, 0.1) is 0 Å². The Bertz CT molecular complexity index is 429. The van der Waals surface area contributed by atoms with Crippen molar-refractivity contribution in [3.63, 3.8) is 0 Å². The van der Waals surface area contributed by atoms with Crippen LogP contribution in [0.2, 0.25) is 0 Å². The number of carbonyl (C=O) groups is 2. The largest absolute Gasteiger partial charge is 0.465 e. The number of amides is 2. The van der Waals surface area contributed by atoms with E-state index in [4.69, 9.17) is 0 Å². The summed E-state index contributed by atoms with van der Waals surface area (Å²) in [6.45, 7) is 4.03. The molecule has 2 N–H and O–H groups in total. The van der Waals surface area contributed by atoms with Crippen molar-refractivity contribution in [2.75, 3.05) is 12.4 Å². The summed E-state index contributed by atoms with van der Waals surface area (Å²) in [5.41, 5.74) is 1.08. The molecule has 1 atom stereocenters. The minimum absolute atomic E-state index is 0.138. The Labute approximate surface area is 113 Å². The number of ether oxygens (including phenoxy) is 1. The second kappa shape index (κ2) is 7.41. The Morgan fingerprint density at radius 3 is 2.42 bits per heavy atom. The number of hydrogen-bond donors (Lipinski definition) is 2. The van der Waals surface area contributed by atoms with Gasteiger partial charge in [0.15, 0.2) is 0 Å². The number of hydrogen-bond acceptors (Lipinski definition) is 3. The van der Waals surface area contributed by atoms with Gasteiger partial charge in [-0.05, 0) is 37.6 Å². The van der Waals surface area contributed by atoms with Gasteiger partial charge in [-0.3, -0.25) is 0 Å². The molecule has 5 heteroatoms. The molecule has 5 nitrogen and oxygen atoms in total. The van der Waals surface area contributed by atoms with Crippen LogP contribution in [0.1, 0.15) is 37.0 Å². The zero-order valence-corrected chi connectivity index (χ0v) is 11.5. The van der Waals surface area contributed by atoms with Crippen molar-refractivity contribution in [3.05, 3.63) is 29.8 Å². The summed E-state index contributed by atoms with van der Waals surface area (Å²) < 4.78 is 4.60. The van der Waals surface area contributed by atoms with E-state index in [1.165, 1.54) is 7.11 Å². The van der Waals surface area contributed by atoms with Gasteiger partial charge in [-0.15, -0.1) is 0 Å².